The first-order valence-corrected chi connectivity index (χ1v) is 10.7. The van der Waals surface area contributed by atoms with E-state index in [-0.39, 0.29) is 24.0 Å². The third-order valence-electron chi connectivity index (χ3n) is 4.28. The van der Waals surface area contributed by atoms with E-state index in [1.54, 1.807) is 7.11 Å². The van der Waals surface area contributed by atoms with Crippen molar-refractivity contribution in [3.8, 4) is 0 Å². The van der Waals surface area contributed by atoms with Crippen LogP contribution in [-0.2, 0) is 9.47 Å². The number of nitrogens with zero attached hydrogens (tertiary/aromatic N) is 2. The average Bonchev–Trinajstić information content (AvgIpc) is 3.10. The number of guanidine groups is 1. The lowest BCUT2D eigenvalue weighted by atomic mass is 10.1. The third kappa shape index (κ3) is 9.34. The molecule has 0 saturated carbocycles. The highest BCUT2D eigenvalue weighted by Gasteiger charge is 2.25. The maximum atomic E-state index is 5.67. The number of halogens is 2. The summed E-state index contributed by atoms with van der Waals surface area (Å²) in [4.78, 5) is 8.08. The quantitative estimate of drug-likeness (QED) is 0.159. The molecule has 0 radical (unpaired) electrons. The summed E-state index contributed by atoms with van der Waals surface area (Å²) in [6.07, 6.45) is 1.15. The Morgan fingerprint density at radius 3 is 2.78 bits per heavy atom. The first kappa shape index (κ1) is 25.0. The van der Waals surface area contributed by atoms with Gasteiger partial charge < -0.3 is 19.7 Å². The summed E-state index contributed by atoms with van der Waals surface area (Å²) < 4.78 is 11.8. The van der Waals surface area contributed by atoms with Gasteiger partial charge in [-0.1, -0.05) is 22.9 Å². The van der Waals surface area contributed by atoms with Gasteiger partial charge in [-0.05, 0) is 30.7 Å². The van der Waals surface area contributed by atoms with E-state index in [9.17, 15) is 0 Å². The lowest BCUT2D eigenvalue weighted by Crippen LogP contribution is -2.42. The van der Waals surface area contributed by atoms with Crippen LogP contribution in [0.3, 0.4) is 0 Å². The van der Waals surface area contributed by atoms with E-state index in [4.69, 9.17) is 9.47 Å². The van der Waals surface area contributed by atoms with Crippen LogP contribution in [0.1, 0.15) is 13.3 Å². The molecule has 1 aliphatic heterocycles. The fourth-order valence-electron chi connectivity index (χ4n) is 2.91. The summed E-state index contributed by atoms with van der Waals surface area (Å²) >= 11 is 5.35. The fourth-order valence-corrected chi connectivity index (χ4v) is 4.10. The second kappa shape index (κ2) is 14.0. The average molecular weight is 572 g/mol. The number of likely N-dealkylation sites (tertiary alicyclic amines) is 1. The van der Waals surface area contributed by atoms with Crippen LogP contribution < -0.4 is 5.32 Å². The van der Waals surface area contributed by atoms with Gasteiger partial charge in [-0.2, -0.15) is 0 Å². The molecule has 0 aliphatic carbocycles. The van der Waals surface area contributed by atoms with E-state index in [1.807, 2.05) is 18.8 Å². The second-order valence-corrected chi connectivity index (χ2v) is 8.91. The van der Waals surface area contributed by atoms with Crippen LogP contribution >= 0.6 is 51.7 Å². The van der Waals surface area contributed by atoms with Crippen molar-refractivity contribution in [2.75, 3.05) is 53.6 Å². The molecule has 0 amide bonds. The molecule has 2 rings (SSSR count). The Hall–Kier alpha value is -0.0300. The number of hydrogen-bond donors (Lipinski definition) is 1. The van der Waals surface area contributed by atoms with Crippen molar-refractivity contribution in [1.29, 1.82) is 0 Å². The molecule has 1 fully saturated rings. The zero-order valence-electron chi connectivity index (χ0n) is 16.3. The summed E-state index contributed by atoms with van der Waals surface area (Å²) in [5, 5.41) is 3.99. The molecule has 1 saturated heterocycles. The van der Waals surface area contributed by atoms with E-state index in [0.29, 0.717) is 24.4 Å². The molecule has 0 aromatic heterocycles. The van der Waals surface area contributed by atoms with Gasteiger partial charge in [0.05, 0.1) is 19.8 Å². The molecule has 5 nitrogen and oxygen atoms in total. The summed E-state index contributed by atoms with van der Waals surface area (Å²) in [7, 11) is 3.56. The van der Waals surface area contributed by atoms with Gasteiger partial charge in [0.15, 0.2) is 5.96 Å². The highest BCUT2D eigenvalue weighted by Crippen LogP contribution is 2.24. The van der Waals surface area contributed by atoms with Crippen LogP contribution in [0, 0.1) is 5.92 Å². The van der Waals surface area contributed by atoms with Crippen LogP contribution in [0.5, 0.6) is 0 Å². The van der Waals surface area contributed by atoms with Crippen molar-refractivity contribution in [3.05, 3.63) is 28.7 Å². The zero-order chi connectivity index (χ0) is 18.8. The Balaban J connectivity index is 0.00000364. The molecular weight excluding hydrogens is 541 g/mol. The van der Waals surface area contributed by atoms with Gasteiger partial charge in [0.2, 0.25) is 0 Å². The molecule has 2 unspecified atom stereocenters. The van der Waals surface area contributed by atoms with Gasteiger partial charge in [-0.3, -0.25) is 4.99 Å². The summed E-state index contributed by atoms with van der Waals surface area (Å²) in [6.45, 7) is 7.29. The molecule has 2 atom stereocenters. The Morgan fingerprint density at radius 1 is 1.37 bits per heavy atom. The maximum Gasteiger partial charge on any atom is 0.193 e. The predicted octanol–water partition coefficient (Wildman–Crippen LogP) is 4.11. The molecule has 0 bridgehead atoms. The van der Waals surface area contributed by atoms with Crippen molar-refractivity contribution < 1.29 is 9.47 Å². The van der Waals surface area contributed by atoms with E-state index in [2.05, 4.69) is 62.3 Å². The van der Waals surface area contributed by atoms with Crippen molar-refractivity contribution in [1.82, 2.24) is 10.2 Å². The van der Waals surface area contributed by atoms with Crippen molar-refractivity contribution in [2.24, 2.45) is 10.9 Å². The Labute approximate surface area is 193 Å². The molecule has 0 spiro atoms. The summed E-state index contributed by atoms with van der Waals surface area (Å²) in [5.41, 5.74) is 0. The standard InChI is InChI=1S/C19H30BrN3O2S.HI/c1-15(26-18-6-4-17(20)5-7-18)12-22-19(21-2)23-9-8-16(13-23)14-25-11-10-24-3;/h4-7,15-16H,8-14H2,1-3H3,(H,21,22);1H. The number of thioether (sulfide) groups is 1. The smallest absolute Gasteiger partial charge is 0.193 e. The zero-order valence-corrected chi connectivity index (χ0v) is 21.1. The van der Waals surface area contributed by atoms with Crippen molar-refractivity contribution in [3.63, 3.8) is 0 Å². The number of methoxy groups -OCH3 is 1. The van der Waals surface area contributed by atoms with Gasteiger partial charge in [0.25, 0.3) is 0 Å². The lowest BCUT2D eigenvalue weighted by molar-refractivity contribution is 0.0536. The molecule has 154 valence electrons. The van der Waals surface area contributed by atoms with Crippen LogP contribution in [0.2, 0.25) is 0 Å². The van der Waals surface area contributed by atoms with Crippen LogP contribution in [0.25, 0.3) is 0 Å². The number of hydrogen-bond acceptors (Lipinski definition) is 4. The molecule has 1 aromatic rings. The first-order chi connectivity index (χ1) is 12.6. The predicted molar refractivity (Wildman–Crippen MR) is 129 cm³/mol. The van der Waals surface area contributed by atoms with Crippen molar-refractivity contribution in [2.45, 2.75) is 23.5 Å². The minimum Gasteiger partial charge on any atom is -0.382 e. The number of nitrogens with one attached hydrogen (secondary N) is 1. The fraction of sp³-hybridized carbons (Fsp3) is 0.632. The number of aliphatic imine (C=N–C) groups is 1. The van der Waals surface area contributed by atoms with E-state index < -0.39 is 0 Å². The number of rotatable bonds is 9. The van der Waals surface area contributed by atoms with Gasteiger partial charge >= 0.3 is 0 Å². The van der Waals surface area contributed by atoms with Gasteiger partial charge in [-0.15, -0.1) is 35.7 Å². The Bertz CT molecular complexity index is 562. The molecule has 1 aromatic carbocycles. The molecule has 27 heavy (non-hydrogen) atoms. The van der Waals surface area contributed by atoms with E-state index >= 15 is 0 Å². The Kier molecular flexibility index (Phi) is 13.0. The number of benzene rings is 1. The third-order valence-corrected chi connectivity index (χ3v) is 5.92. The van der Waals surface area contributed by atoms with Gasteiger partial charge in [0, 0.05) is 54.3 Å². The van der Waals surface area contributed by atoms with Crippen LogP contribution in [-0.4, -0.2) is 69.7 Å². The highest BCUT2D eigenvalue weighted by molar-refractivity contribution is 14.0. The first-order valence-electron chi connectivity index (χ1n) is 9.07. The number of ether oxygens (including phenoxy) is 2. The summed E-state index contributed by atoms with van der Waals surface area (Å²) in [6, 6.07) is 8.46. The van der Waals surface area contributed by atoms with Crippen LogP contribution in [0.4, 0.5) is 0 Å². The minimum absolute atomic E-state index is 0. The topological polar surface area (TPSA) is 46.1 Å². The molecular formula is C19H31BrIN3O2S. The maximum absolute atomic E-state index is 5.67. The van der Waals surface area contributed by atoms with E-state index in [1.165, 1.54) is 4.90 Å². The monoisotopic (exact) mass is 571 g/mol. The molecule has 1 N–H and O–H groups in total. The molecule has 8 heteroatoms. The van der Waals surface area contributed by atoms with Crippen LogP contribution in [0.15, 0.2) is 38.6 Å². The minimum atomic E-state index is 0. The molecule has 1 heterocycles. The van der Waals surface area contributed by atoms with E-state index in [0.717, 1.165) is 43.1 Å². The van der Waals surface area contributed by atoms with Crippen molar-refractivity contribution >= 4 is 57.6 Å². The Morgan fingerprint density at radius 2 is 2.11 bits per heavy atom. The lowest BCUT2D eigenvalue weighted by Gasteiger charge is -2.23. The van der Waals surface area contributed by atoms with Gasteiger partial charge in [0.1, 0.15) is 0 Å². The second-order valence-electron chi connectivity index (χ2n) is 6.48. The van der Waals surface area contributed by atoms with Gasteiger partial charge in [-0.25, -0.2) is 0 Å². The summed E-state index contributed by atoms with van der Waals surface area (Å²) in [5.74, 6) is 1.56. The SMILES string of the molecule is CN=C(NCC(C)Sc1ccc(Br)cc1)N1CCC(COCCOC)C1.I. The molecule has 1 aliphatic rings. The normalized spacial score (nSPS) is 18.3. The highest BCUT2D eigenvalue weighted by atomic mass is 127. The largest absolute Gasteiger partial charge is 0.382 e.